The molecule has 0 saturated heterocycles. The number of rotatable bonds is 3. The molecule has 2 rings (SSSR count). The molecule has 1 aromatic heterocycles. The maximum atomic E-state index is 6.05. The highest BCUT2D eigenvalue weighted by atomic mass is 35.5. The predicted octanol–water partition coefficient (Wildman–Crippen LogP) is 2.31. The Labute approximate surface area is 93.3 Å². The molecule has 2 aromatic rings. The van der Waals surface area contributed by atoms with Gasteiger partial charge in [-0.05, 0) is 17.7 Å². The van der Waals surface area contributed by atoms with Crippen LogP contribution in [-0.4, -0.2) is 9.97 Å². The van der Waals surface area contributed by atoms with Crippen LogP contribution in [0.1, 0.15) is 17.3 Å². The number of nitrogens with two attached hydrogens (primary N) is 1. The third-order valence-electron chi connectivity index (χ3n) is 2.29. The number of imidazole rings is 1. The van der Waals surface area contributed by atoms with E-state index in [-0.39, 0.29) is 6.04 Å². The van der Waals surface area contributed by atoms with Crippen molar-refractivity contribution in [2.75, 3.05) is 0 Å². The number of aromatic nitrogens is 2. The molecular formula is C11H12ClN3. The van der Waals surface area contributed by atoms with Crippen LogP contribution in [0.2, 0.25) is 5.02 Å². The summed E-state index contributed by atoms with van der Waals surface area (Å²) in [5.41, 5.74) is 8.16. The SMILES string of the molecule is NC(Cc1cnc[nH]1)c1ccc(Cl)cc1. The molecule has 15 heavy (non-hydrogen) atoms. The molecule has 0 aliphatic rings. The minimum absolute atomic E-state index is 0.0253. The molecule has 4 heteroatoms. The first-order valence-electron chi connectivity index (χ1n) is 4.74. The highest BCUT2D eigenvalue weighted by molar-refractivity contribution is 6.30. The van der Waals surface area contributed by atoms with Gasteiger partial charge in [0.2, 0.25) is 0 Å². The van der Waals surface area contributed by atoms with Crippen molar-refractivity contribution in [2.24, 2.45) is 5.73 Å². The van der Waals surface area contributed by atoms with Gasteiger partial charge in [0.25, 0.3) is 0 Å². The lowest BCUT2D eigenvalue weighted by molar-refractivity contribution is 0.710. The summed E-state index contributed by atoms with van der Waals surface area (Å²) < 4.78 is 0. The Bertz CT molecular complexity index is 408. The highest BCUT2D eigenvalue weighted by Gasteiger charge is 2.07. The summed E-state index contributed by atoms with van der Waals surface area (Å²) in [6, 6.07) is 7.57. The molecule has 0 bridgehead atoms. The second kappa shape index (κ2) is 4.47. The fraction of sp³-hybridized carbons (Fsp3) is 0.182. The van der Waals surface area contributed by atoms with Crippen LogP contribution in [0.3, 0.4) is 0 Å². The van der Waals surface area contributed by atoms with Crippen molar-refractivity contribution in [1.29, 1.82) is 0 Å². The summed E-state index contributed by atoms with van der Waals surface area (Å²) in [5, 5.41) is 0.729. The standard InChI is InChI=1S/C11H12ClN3/c12-9-3-1-8(2-4-9)11(13)5-10-6-14-7-15-10/h1-4,6-7,11H,5,13H2,(H,14,15). The summed E-state index contributed by atoms with van der Waals surface area (Å²) in [5.74, 6) is 0. The molecule has 0 saturated carbocycles. The monoisotopic (exact) mass is 221 g/mol. The molecule has 1 unspecified atom stereocenters. The van der Waals surface area contributed by atoms with Crippen LogP contribution in [0.15, 0.2) is 36.8 Å². The lowest BCUT2D eigenvalue weighted by Crippen LogP contribution is -2.13. The molecule has 1 aromatic carbocycles. The summed E-state index contributed by atoms with van der Waals surface area (Å²) in [4.78, 5) is 6.98. The van der Waals surface area contributed by atoms with E-state index < -0.39 is 0 Å². The first-order chi connectivity index (χ1) is 7.25. The van der Waals surface area contributed by atoms with Gasteiger partial charge in [-0.25, -0.2) is 4.98 Å². The molecule has 0 fully saturated rings. The highest BCUT2D eigenvalue weighted by Crippen LogP contribution is 2.17. The summed E-state index contributed by atoms with van der Waals surface area (Å²) in [7, 11) is 0. The minimum Gasteiger partial charge on any atom is -0.348 e. The largest absolute Gasteiger partial charge is 0.348 e. The Balaban J connectivity index is 2.08. The van der Waals surface area contributed by atoms with Gasteiger partial charge >= 0.3 is 0 Å². The quantitative estimate of drug-likeness (QED) is 0.836. The number of hydrogen-bond donors (Lipinski definition) is 2. The lowest BCUT2D eigenvalue weighted by atomic mass is 10.0. The van der Waals surface area contributed by atoms with Crippen LogP contribution in [0, 0.1) is 0 Å². The summed E-state index contributed by atoms with van der Waals surface area (Å²) >= 11 is 5.80. The fourth-order valence-electron chi connectivity index (χ4n) is 1.46. The van der Waals surface area contributed by atoms with Crippen LogP contribution in [-0.2, 0) is 6.42 Å². The molecule has 0 amide bonds. The molecule has 0 aliphatic carbocycles. The second-order valence-corrected chi connectivity index (χ2v) is 3.88. The van der Waals surface area contributed by atoms with E-state index in [0.29, 0.717) is 0 Å². The van der Waals surface area contributed by atoms with Gasteiger partial charge in [-0.3, -0.25) is 0 Å². The van der Waals surface area contributed by atoms with Crippen molar-refractivity contribution in [2.45, 2.75) is 12.5 Å². The maximum absolute atomic E-state index is 6.05. The zero-order valence-corrected chi connectivity index (χ0v) is 8.91. The summed E-state index contributed by atoms with van der Waals surface area (Å²) in [6.07, 6.45) is 4.20. The van der Waals surface area contributed by atoms with E-state index in [1.807, 2.05) is 24.3 Å². The van der Waals surface area contributed by atoms with Gasteiger partial charge < -0.3 is 10.7 Å². The van der Waals surface area contributed by atoms with E-state index in [1.54, 1.807) is 12.5 Å². The van der Waals surface area contributed by atoms with E-state index in [0.717, 1.165) is 22.7 Å². The van der Waals surface area contributed by atoms with E-state index in [2.05, 4.69) is 9.97 Å². The molecule has 0 aliphatic heterocycles. The predicted molar refractivity (Wildman–Crippen MR) is 60.7 cm³/mol. The van der Waals surface area contributed by atoms with Gasteiger partial charge in [0.15, 0.2) is 0 Å². The number of nitrogens with one attached hydrogen (secondary N) is 1. The first kappa shape index (κ1) is 10.2. The van der Waals surface area contributed by atoms with Crippen molar-refractivity contribution in [3.63, 3.8) is 0 Å². The van der Waals surface area contributed by atoms with Gasteiger partial charge in [0.1, 0.15) is 0 Å². The molecule has 0 radical (unpaired) electrons. The Kier molecular flexibility index (Phi) is 3.04. The van der Waals surface area contributed by atoms with Gasteiger partial charge in [-0.1, -0.05) is 23.7 Å². The molecule has 3 nitrogen and oxygen atoms in total. The Hall–Kier alpha value is -1.32. The topological polar surface area (TPSA) is 54.7 Å². The average molecular weight is 222 g/mol. The van der Waals surface area contributed by atoms with Crippen LogP contribution in [0.25, 0.3) is 0 Å². The van der Waals surface area contributed by atoms with Gasteiger partial charge in [0, 0.05) is 29.4 Å². The molecule has 0 spiro atoms. The van der Waals surface area contributed by atoms with Gasteiger partial charge in [-0.2, -0.15) is 0 Å². The van der Waals surface area contributed by atoms with E-state index >= 15 is 0 Å². The number of benzene rings is 1. The maximum Gasteiger partial charge on any atom is 0.0921 e. The van der Waals surface area contributed by atoms with Crippen molar-refractivity contribution < 1.29 is 0 Å². The van der Waals surface area contributed by atoms with Crippen molar-refractivity contribution in [1.82, 2.24) is 9.97 Å². The Morgan fingerprint density at radius 2 is 2.07 bits per heavy atom. The van der Waals surface area contributed by atoms with Crippen LogP contribution in [0.4, 0.5) is 0 Å². The van der Waals surface area contributed by atoms with E-state index in [4.69, 9.17) is 17.3 Å². The zero-order valence-electron chi connectivity index (χ0n) is 8.15. The van der Waals surface area contributed by atoms with Crippen molar-refractivity contribution in [3.05, 3.63) is 53.1 Å². The smallest absolute Gasteiger partial charge is 0.0921 e. The normalized spacial score (nSPS) is 12.7. The average Bonchev–Trinajstić information content (AvgIpc) is 2.71. The van der Waals surface area contributed by atoms with Crippen LogP contribution >= 0.6 is 11.6 Å². The zero-order chi connectivity index (χ0) is 10.7. The number of H-pyrrole nitrogens is 1. The van der Waals surface area contributed by atoms with E-state index in [9.17, 15) is 0 Å². The number of nitrogens with zero attached hydrogens (tertiary/aromatic N) is 1. The molecule has 3 N–H and O–H groups in total. The van der Waals surface area contributed by atoms with Gasteiger partial charge in [-0.15, -0.1) is 0 Å². The number of aromatic amines is 1. The Morgan fingerprint density at radius 3 is 2.67 bits per heavy atom. The first-order valence-corrected chi connectivity index (χ1v) is 5.12. The molecule has 1 heterocycles. The third kappa shape index (κ3) is 2.58. The van der Waals surface area contributed by atoms with Crippen molar-refractivity contribution in [3.8, 4) is 0 Å². The van der Waals surface area contributed by atoms with Crippen LogP contribution in [0.5, 0.6) is 0 Å². The number of hydrogen-bond acceptors (Lipinski definition) is 2. The Morgan fingerprint density at radius 1 is 1.33 bits per heavy atom. The fourth-order valence-corrected chi connectivity index (χ4v) is 1.59. The summed E-state index contributed by atoms with van der Waals surface area (Å²) in [6.45, 7) is 0. The third-order valence-corrected chi connectivity index (χ3v) is 2.54. The molecule has 1 atom stereocenters. The lowest BCUT2D eigenvalue weighted by Gasteiger charge is -2.10. The van der Waals surface area contributed by atoms with E-state index in [1.165, 1.54) is 0 Å². The second-order valence-electron chi connectivity index (χ2n) is 3.44. The van der Waals surface area contributed by atoms with Gasteiger partial charge in [0.05, 0.1) is 6.33 Å². The number of halogens is 1. The minimum atomic E-state index is -0.0253. The van der Waals surface area contributed by atoms with Crippen molar-refractivity contribution >= 4 is 11.6 Å². The molecule has 78 valence electrons. The van der Waals surface area contributed by atoms with Crippen LogP contribution < -0.4 is 5.73 Å². The molecular weight excluding hydrogens is 210 g/mol.